The SMILES string of the molecule is O=C(NCC#Cc1ccccc1Cl)C(c1ccccc1)c1ccccc1. The Hall–Kier alpha value is -3.02. The van der Waals surface area contributed by atoms with Gasteiger partial charge >= 0.3 is 0 Å². The van der Waals surface area contributed by atoms with Gasteiger partial charge in [0.15, 0.2) is 0 Å². The molecule has 0 atom stereocenters. The second-order valence-electron chi connectivity index (χ2n) is 5.75. The summed E-state index contributed by atoms with van der Waals surface area (Å²) in [4.78, 5) is 12.8. The van der Waals surface area contributed by atoms with Gasteiger partial charge in [0.2, 0.25) is 5.91 Å². The van der Waals surface area contributed by atoms with E-state index >= 15 is 0 Å². The van der Waals surface area contributed by atoms with E-state index in [0.717, 1.165) is 16.7 Å². The molecule has 0 heterocycles. The highest BCUT2D eigenvalue weighted by molar-refractivity contribution is 6.31. The number of halogens is 1. The van der Waals surface area contributed by atoms with Crippen LogP contribution in [-0.2, 0) is 4.79 Å². The first kappa shape index (κ1) is 17.8. The average molecular weight is 360 g/mol. The zero-order chi connectivity index (χ0) is 18.2. The summed E-state index contributed by atoms with van der Waals surface area (Å²) < 4.78 is 0. The minimum Gasteiger partial charge on any atom is -0.344 e. The highest BCUT2D eigenvalue weighted by atomic mass is 35.5. The molecule has 0 saturated carbocycles. The molecule has 1 amide bonds. The molecule has 1 N–H and O–H groups in total. The fourth-order valence-corrected chi connectivity index (χ4v) is 2.90. The predicted molar refractivity (Wildman–Crippen MR) is 106 cm³/mol. The van der Waals surface area contributed by atoms with Crippen molar-refractivity contribution in [2.24, 2.45) is 0 Å². The quantitative estimate of drug-likeness (QED) is 0.675. The first-order chi connectivity index (χ1) is 12.8. The van der Waals surface area contributed by atoms with Gasteiger partial charge in [-0.3, -0.25) is 4.79 Å². The van der Waals surface area contributed by atoms with E-state index in [9.17, 15) is 4.79 Å². The second-order valence-corrected chi connectivity index (χ2v) is 6.16. The van der Waals surface area contributed by atoms with Crippen molar-refractivity contribution < 1.29 is 4.79 Å². The van der Waals surface area contributed by atoms with E-state index < -0.39 is 0 Å². The molecule has 0 spiro atoms. The summed E-state index contributed by atoms with van der Waals surface area (Å²) in [5.41, 5.74) is 2.66. The van der Waals surface area contributed by atoms with Crippen LogP contribution in [0.5, 0.6) is 0 Å². The maximum Gasteiger partial charge on any atom is 0.232 e. The van der Waals surface area contributed by atoms with Crippen LogP contribution >= 0.6 is 11.6 Å². The summed E-state index contributed by atoms with van der Waals surface area (Å²) in [6.07, 6.45) is 0. The molecule has 26 heavy (non-hydrogen) atoms. The smallest absolute Gasteiger partial charge is 0.232 e. The standard InChI is InChI=1S/C23H18ClNO/c24-21-16-8-7-10-18(21)15-9-17-25-23(26)22(19-11-3-1-4-12-19)20-13-5-2-6-14-20/h1-8,10-14,16,22H,17H2,(H,25,26). The molecule has 0 unspecified atom stereocenters. The monoisotopic (exact) mass is 359 g/mol. The molecule has 0 aliphatic carbocycles. The molecule has 0 bridgehead atoms. The summed E-state index contributed by atoms with van der Waals surface area (Å²) in [5, 5.41) is 3.52. The normalized spacial score (nSPS) is 10.1. The first-order valence-electron chi connectivity index (χ1n) is 8.36. The van der Waals surface area contributed by atoms with E-state index in [-0.39, 0.29) is 18.4 Å². The van der Waals surface area contributed by atoms with Gasteiger partial charge < -0.3 is 5.32 Å². The van der Waals surface area contributed by atoms with Crippen LogP contribution in [0.4, 0.5) is 0 Å². The third-order valence-corrected chi connectivity index (χ3v) is 4.31. The van der Waals surface area contributed by atoms with Gasteiger partial charge in [-0.15, -0.1) is 0 Å². The number of nitrogens with one attached hydrogen (secondary N) is 1. The Morgan fingerprint density at radius 2 is 1.38 bits per heavy atom. The van der Waals surface area contributed by atoms with Crippen LogP contribution in [0.3, 0.4) is 0 Å². The van der Waals surface area contributed by atoms with Gasteiger partial charge in [-0.2, -0.15) is 0 Å². The predicted octanol–water partition coefficient (Wildman–Crippen LogP) is 4.64. The lowest BCUT2D eigenvalue weighted by Gasteiger charge is -2.17. The second kappa shape index (κ2) is 8.89. The van der Waals surface area contributed by atoms with Crippen molar-refractivity contribution in [1.82, 2.24) is 5.32 Å². The van der Waals surface area contributed by atoms with Gasteiger partial charge in [0.25, 0.3) is 0 Å². The topological polar surface area (TPSA) is 29.1 Å². The van der Waals surface area contributed by atoms with Crippen LogP contribution in [-0.4, -0.2) is 12.5 Å². The van der Waals surface area contributed by atoms with Gasteiger partial charge in [-0.1, -0.05) is 96.2 Å². The Morgan fingerprint density at radius 3 is 1.96 bits per heavy atom. The number of carbonyl (C=O) groups excluding carboxylic acids is 1. The van der Waals surface area contributed by atoms with Gasteiger partial charge in [0, 0.05) is 5.56 Å². The average Bonchev–Trinajstić information content (AvgIpc) is 2.68. The largest absolute Gasteiger partial charge is 0.344 e. The molecular weight excluding hydrogens is 342 g/mol. The van der Waals surface area contributed by atoms with Gasteiger partial charge in [0.1, 0.15) is 0 Å². The number of hydrogen-bond donors (Lipinski definition) is 1. The molecule has 0 fully saturated rings. The zero-order valence-electron chi connectivity index (χ0n) is 14.2. The lowest BCUT2D eigenvalue weighted by atomic mass is 9.90. The minimum absolute atomic E-state index is 0.0733. The van der Waals surface area contributed by atoms with Crippen LogP contribution in [0, 0.1) is 11.8 Å². The minimum atomic E-state index is -0.362. The van der Waals surface area contributed by atoms with Crippen molar-refractivity contribution in [2.75, 3.05) is 6.54 Å². The molecule has 3 aromatic carbocycles. The Kier molecular flexibility index (Phi) is 6.09. The first-order valence-corrected chi connectivity index (χ1v) is 8.74. The van der Waals surface area contributed by atoms with E-state index in [0.29, 0.717) is 5.02 Å². The highest BCUT2D eigenvalue weighted by Crippen LogP contribution is 2.24. The number of rotatable bonds is 4. The van der Waals surface area contributed by atoms with Gasteiger partial charge in [0.05, 0.1) is 17.5 Å². The third-order valence-electron chi connectivity index (χ3n) is 3.98. The molecule has 0 radical (unpaired) electrons. The summed E-state index contributed by atoms with van der Waals surface area (Å²) in [6, 6.07) is 26.9. The van der Waals surface area contributed by atoms with Crippen molar-refractivity contribution in [3.63, 3.8) is 0 Å². The Bertz CT molecular complexity index is 887. The maximum atomic E-state index is 12.8. The Balaban J connectivity index is 1.74. The van der Waals surface area contributed by atoms with Gasteiger partial charge in [-0.25, -0.2) is 0 Å². The van der Waals surface area contributed by atoms with Crippen LogP contribution in [0.1, 0.15) is 22.6 Å². The van der Waals surface area contributed by atoms with E-state index in [2.05, 4.69) is 17.2 Å². The summed E-state index contributed by atoms with van der Waals surface area (Å²) in [7, 11) is 0. The molecule has 0 aromatic heterocycles. The fourth-order valence-electron chi connectivity index (χ4n) is 2.72. The lowest BCUT2D eigenvalue weighted by molar-refractivity contribution is -0.121. The molecule has 0 saturated heterocycles. The van der Waals surface area contributed by atoms with Crippen molar-refractivity contribution >= 4 is 17.5 Å². The van der Waals surface area contributed by atoms with Gasteiger partial charge in [-0.05, 0) is 23.3 Å². The van der Waals surface area contributed by atoms with Crippen LogP contribution in [0.2, 0.25) is 5.02 Å². The van der Waals surface area contributed by atoms with Crippen molar-refractivity contribution in [1.29, 1.82) is 0 Å². The van der Waals surface area contributed by atoms with Crippen LogP contribution in [0.15, 0.2) is 84.9 Å². The molecule has 0 aliphatic rings. The van der Waals surface area contributed by atoms with E-state index in [1.807, 2.05) is 78.9 Å². The Morgan fingerprint density at radius 1 is 0.846 bits per heavy atom. The molecule has 128 valence electrons. The summed E-state index contributed by atoms with van der Waals surface area (Å²) in [6.45, 7) is 0.264. The zero-order valence-corrected chi connectivity index (χ0v) is 14.9. The van der Waals surface area contributed by atoms with Crippen LogP contribution < -0.4 is 5.32 Å². The fraction of sp³-hybridized carbons (Fsp3) is 0.0870. The summed E-state index contributed by atoms with van der Waals surface area (Å²) >= 11 is 6.09. The lowest BCUT2D eigenvalue weighted by Crippen LogP contribution is -2.30. The number of benzene rings is 3. The maximum absolute atomic E-state index is 12.8. The van der Waals surface area contributed by atoms with E-state index in [1.165, 1.54) is 0 Å². The molecule has 2 nitrogen and oxygen atoms in total. The van der Waals surface area contributed by atoms with Crippen molar-refractivity contribution in [3.05, 3.63) is 107 Å². The van der Waals surface area contributed by atoms with E-state index in [1.54, 1.807) is 6.07 Å². The van der Waals surface area contributed by atoms with Crippen LogP contribution in [0.25, 0.3) is 0 Å². The number of hydrogen-bond acceptors (Lipinski definition) is 1. The molecule has 3 rings (SSSR count). The molecule has 3 aromatic rings. The third kappa shape index (κ3) is 4.53. The highest BCUT2D eigenvalue weighted by Gasteiger charge is 2.21. The molecule has 3 heteroatoms. The number of amides is 1. The summed E-state index contributed by atoms with van der Waals surface area (Å²) in [5.74, 6) is 5.52. The van der Waals surface area contributed by atoms with E-state index in [4.69, 9.17) is 11.6 Å². The van der Waals surface area contributed by atoms with Crippen molar-refractivity contribution in [2.45, 2.75) is 5.92 Å². The Labute approximate surface area is 158 Å². The molecule has 0 aliphatic heterocycles. The molecular formula is C23H18ClNO. The van der Waals surface area contributed by atoms with Crippen molar-refractivity contribution in [3.8, 4) is 11.8 Å². The number of carbonyl (C=O) groups is 1.